The SMILES string of the molecule is O=C(O)C(=O)O.O=C(OC1([SiH3])CCCCO1)C(Cl)=CCl.O=C(OC1([SiH3])CCCCO1)C(Cl)=CCl. The molecule has 0 saturated carbocycles. The van der Waals surface area contributed by atoms with Gasteiger partial charge >= 0.3 is 23.9 Å². The molecule has 2 N–H and O–H groups in total. The van der Waals surface area contributed by atoms with Crippen molar-refractivity contribution in [2.45, 2.75) is 49.3 Å². The van der Waals surface area contributed by atoms with Crippen LogP contribution in [0.5, 0.6) is 0 Å². The maximum atomic E-state index is 11.3. The van der Waals surface area contributed by atoms with Crippen molar-refractivity contribution >= 4 is 90.8 Å². The summed E-state index contributed by atoms with van der Waals surface area (Å²) in [6.07, 6.45) is 5.55. The van der Waals surface area contributed by atoms with Gasteiger partial charge in [-0.15, -0.1) is 0 Å². The third-order valence-electron chi connectivity index (χ3n) is 4.25. The molecule has 2 aliphatic heterocycles. The molecule has 10 nitrogen and oxygen atoms in total. The highest BCUT2D eigenvalue weighted by atomic mass is 35.5. The highest BCUT2D eigenvalue weighted by Crippen LogP contribution is 2.25. The lowest BCUT2D eigenvalue weighted by atomic mass is 10.2. The molecule has 0 spiro atoms. The fraction of sp³-hybridized carbons (Fsp3) is 0.556. The minimum absolute atomic E-state index is 0.115. The fourth-order valence-corrected chi connectivity index (χ4v) is 4.30. The minimum Gasteiger partial charge on any atom is -0.473 e. The van der Waals surface area contributed by atoms with E-state index in [2.05, 4.69) is 0 Å². The number of carboxylic acid groups (broad SMARTS) is 2. The van der Waals surface area contributed by atoms with E-state index in [1.54, 1.807) is 0 Å². The van der Waals surface area contributed by atoms with Crippen LogP contribution in [0.4, 0.5) is 0 Å². The van der Waals surface area contributed by atoms with E-state index in [-0.39, 0.29) is 10.1 Å². The zero-order valence-corrected chi connectivity index (χ0v) is 25.5. The van der Waals surface area contributed by atoms with E-state index in [1.165, 1.54) is 0 Å². The smallest absolute Gasteiger partial charge is 0.414 e. The Balaban J connectivity index is 0.000000521. The fourth-order valence-electron chi connectivity index (χ4n) is 2.56. The number of halogens is 4. The van der Waals surface area contributed by atoms with Crippen molar-refractivity contribution < 1.29 is 48.3 Å². The largest absolute Gasteiger partial charge is 0.473 e. The van der Waals surface area contributed by atoms with Crippen LogP contribution < -0.4 is 0 Å². The molecule has 16 heteroatoms. The summed E-state index contributed by atoms with van der Waals surface area (Å²) in [5.41, 5.74) is 0.569. The summed E-state index contributed by atoms with van der Waals surface area (Å²) in [5.74, 6) is -4.87. The number of aliphatic carboxylic acids is 2. The molecule has 2 fully saturated rings. The number of rotatable bonds is 4. The molecule has 194 valence electrons. The average molecular weight is 600 g/mol. The summed E-state index contributed by atoms with van der Waals surface area (Å²) >= 11 is 21.6. The Morgan fingerprint density at radius 3 is 1.26 bits per heavy atom. The van der Waals surface area contributed by atoms with E-state index in [0.717, 1.165) is 49.6 Å². The van der Waals surface area contributed by atoms with Gasteiger partial charge in [0.25, 0.3) is 0 Å². The van der Waals surface area contributed by atoms with Gasteiger partial charge < -0.3 is 29.2 Å². The van der Waals surface area contributed by atoms with Crippen molar-refractivity contribution in [3.05, 3.63) is 21.1 Å². The standard InChI is InChI=1S/2C8H12Cl2O3Si.C2H2O4/c2*9-5-6(10)7(11)13-8(14)3-1-2-4-12-8;3-1(4)2(5)6/h2*5H,1-4H2,14H3;(H,3,4)(H,5,6). The van der Waals surface area contributed by atoms with Crippen molar-refractivity contribution in [3.63, 3.8) is 0 Å². The summed E-state index contributed by atoms with van der Waals surface area (Å²) in [4.78, 5) is 40.8. The Morgan fingerprint density at radius 1 is 0.735 bits per heavy atom. The third kappa shape index (κ3) is 13.7. The second-order valence-corrected chi connectivity index (χ2v) is 11.5. The first kappa shape index (κ1) is 32.9. The van der Waals surface area contributed by atoms with Gasteiger partial charge in [-0.1, -0.05) is 46.4 Å². The quantitative estimate of drug-likeness (QED) is 0.210. The second kappa shape index (κ2) is 16.5. The molecule has 0 aromatic carbocycles. The molecule has 2 unspecified atom stereocenters. The maximum Gasteiger partial charge on any atom is 0.414 e. The zero-order chi connectivity index (χ0) is 26.4. The summed E-state index contributed by atoms with van der Waals surface area (Å²) < 4.78 is 21.1. The highest BCUT2D eigenvalue weighted by molar-refractivity contribution is 6.46. The van der Waals surface area contributed by atoms with Gasteiger partial charge in [-0.05, 0) is 25.7 Å². The number of carbonyl (C=O) groups is 4. The van der Waals surface area contributed by atoms with Gasteiger partial charge in [-0.2, -0.15) is 0 Å². The minimum atomic E-state index is -1.82. The molecule has 34 heavy (non-hydrogen) atoms. The van der Waals surface area contributed by atoms with Gasteiger partial charge in [0.2, 0.25) is 0 Å². The van der Waals surface area contributed by atoms with Crippen LogP contribution in [0.1, 0.15) is 38.5 Å². The number of ether oxygens (including phenoxy) is 4. The molecule has 0 aromatic rings. The molecule has 2 heterocycles. The molecule has 2 rings (SSSR count). The molecule has 0 amide bonds. The van der Waals surface area contributed by atoms with Gasteiger partial charge in [0.05, 0.1) is 33.7 Å². The zero-order valence-electron chi connectivity index (χ0n) is 18.5. The topological polar surface area (TPSA) is 146 Å². The van der Waals surface area contributed by atoms with Crippen LogP contribution in [0, 0.1) is 0 Å². The van der Waals surface area contributed by atoms with Gasteiger partial charge in [-0.25, -0.2) is 19.2 Å². The monoisotopic (exact) mass is 598 g/mol. The predicted molar refractivity (Wildman–Crippen MR) is 132 cm³/mol. The Hall–Kier alpha value is -1.13. The molecule has 0 radical (unpaired) electrons. The van der Waals surface area contributed by atoms with Gasteiger partial charge in [0, 0.05) is 23.9 Å². The first-order chi connectivity index (χ1) is 15.8. The number of carboxylic acids is 2. The van der Waals surface area contributed by atoms with Crippen molar-refractivity contribution in [1.29, 1.82) is 0 Å². The van der Waals surface area contributed by atoms with Crippen LogP contribution in [-0.2, 0) is 38.1 Å². The van der Waals surface area contributed by atoms with Crippen LogP contribution >= 0.6 is 46.4 Å². The average Bonchev–Trinajstić information content (AvgIpc) is 2.79. The molecule has 0 bridgehead atoms. The number of esters is 2. The number of hydrogen-bond donors (Lipinski definition) is 2. The van der Waals surface area contributed by atoms with Crippen LogP contribution in [0.15, 0.2) is 21.1 Å². The first-order valence-corrected chi connectivity index (χ1v) is 13.5. The van der Waals surface area contributed by atoms with Gasteiger partial charge in [0.15, 0.2) is 10.8 Å². The first-order valence-electron chi connectivity index (χ1n) is 9.91. The van der Waals surface area contributed by atoms with E-state index in [0.29, 0.717) is 33.7 Å². The summed E-state index contributed by atoms with van der Waals surface area (Å²) in [6.45, 7) is 1.28. The van der Waals surface area contributed by atoms with E-state index in [1.807, 2.05) is 0 Å². The Bertz CT molecular complexity index is 715. The lowest BCUT2D eigenvalue weighted by Gasteiger charge is -2.33. The van der Waals surface area contributed by atoms with E-state index in [9.17, 15) is 9.59 Å². The van der Waals surface area contributed by atoms with Crippen molar-refractivity contribution in [2.75, 3.05) is 13.2 Å². The van der Waals surface area contributed by atoms with E-state index in [4.69, 9.17) is 85.2 Å². The highest BCUT2D eigenvalue weighted by Gasteiger charge is 2.33. The molecule has 0 aromatic heterocycles. The van der Waals surface area contributed by atoms with Crippen LogP contribution in [0.3, 0.4) is 0 Å². The van der Waals surface area contributed by atoms with Crippen molar-refractivity contribution in [3.8, 4) is 0 Å². The molecule has 2 atom stereocenters. The van der Waals surface area contributed by atoms with Crippen LogP contribution in [0.25, 0.3) is 0 Å². The molecular weight excluding hydrogens is 574 g/mol. The van der Waals surface area contributed by atoms with Crippen LogP contribution in [0.2, 0.25) is 0 Å². The summed E-state index contributed by atoms with van der Waals surface area (Å²) in [6, 6.07) is 0. The van der Waals surface area contributed by atoms with E-state index < -0.39 is 34.7 Å². The molecule has 2 saturated heterocycles. The Morgan fingerprint density at radius 2 is 1.06 bits per heavy atom. The second-order valence-electron chi connectivity index (χ2n) is 7.18. The van der Waals surface area contributed by atoms with Gasteiger partial charge in [0.1, 0.15) is 10.1 Å². The lowest BCUT2D eigenvalue weighted by molar-refractivity contribution is -0.202. The maximum absolute atomic E-state index is 11.3. The summed E-state index contributed by atoms with van der Waals surface area (Å²) in [7, 11) is 1.26. The van der Waals surface area contributed by atoms with Crippen LogP contribution in [-0.4, -0.2) is 78.6 Å². The van der Waals surface area contributed by atoms with Crippen molar-refractivity contribution in [1.82, 2.24) is 0 Å². The number of hydrogen-bond acceptors (Lipinski definition) is 8. The Labute approximate surface area is 222 Å². The number of carbonyl (C=O) groups excluding carboxylic acids is 2. The third-order valence-corrected chi connectivity index (χ3v) is 7.42. The Kier molecular flexibility index (Phi) is 16.0. The molecule has 0 aliphatic carbocycles. The van der Waals surface area contributed by atoms with Gasteiger partial charge in [-0.3, -0.25) is 0 Å². The molecular formula is C18H26Cl4O10Si2. The molecule has 2 aliphatic rings. The van der Waals surface area contributed by atoms with Crippen molar-refractivity contribution in [2.24, 2.45) is 0 Å². The predicted octanol–water partition coefficient (Wildman–Crippen LogP) is 1.29. The normalized spacial score (nSPS) is 25.1. The van der Waals surface area contributed by atoms with E-state index >= 15 is 0 Å². The summed E-state index contributed by atoms with van der Waals surface area (Å²) in [5, 5.41) is 14.6. The lowest BCUT2D eigenvalue weighted by Crippen LogP contribution is -2.41.